The van der Waals surface area contributed by atoms with Gasteiger partial charge in [-0.15, -0.1) is 0 Å². The van der Waals surface area contributed by atoms with E-state index in [2.05, 4.69) is 36.8 Å². The van der Waals surface area contributed by atoms with Crippen LogP contribution < -0.4 is 34.6 Å². The van der Waals surface area contributed by atoms with Crippen molar-refractivity contribution in [3.05, 3.63) is 48.0 Å². The summed E-state index contributed by atoms with van der Waals surface area (Å²) in [7, 11) is 16.3. The number of aromatic nitrogens is 2. The fraction of sp³-hybridized carbons (Fsp3) is 0.522. The van der Waals surface area contributed by atoms with Crippen molar-refractivity contribution in [1.82, 2.24) is 24.7 Å². The van der Waals surface area contributed by atoms with E-state index < -0.39 is 0 Å². The maximum absolute atomic E-state index is 4.81. The summed E-state index contributed by atoms with van der Waals surface area (Å²) in [6.45, 7) is 2.99. The third-order valence-corrected chi connectivity index (χ3v) is 4.87. The first-order valence-electron chi connectivity index (χ1n) is 10.5. The molecule has 0 atom stereocenters. The summed E-state index contributed by atoms with van der Waals surface area (Å²) < 4.78 is 0. The second kappa shape index (κ2) is 16.8. The largest absolute Gasteiger partial charge is 2.00 e. The number of aliphatic imine (C=N–C) groups is 1. The van der Waals surface area contributed by atoms with E-state index in [9.17, 15) is 0 Å². The van der Waals surface area contributed by atoms with Crippen molar-refractivity contribution in [1.29, 1.82) is 0 Å². The van der Waals surface area contributed by atoms with Gasteiger partial charge < -0.3 is 44.4 Å². The van der Waals surface area contributed by atoms with E-state index in [0.29, 0.717) is 6.54 Å². The van der Waals surface area contributed by atoms with Gasteiger partial charge in [0.05, 0.1) is 17.9 Å². The quantitative estimate of drug-likeness (QED) is 0.177. The molecule has 11 heteroatoms. The minimum absolute atomic E-state index is 0. The molecule has 2 heterocycles. The molecule has 2 aromatic rings. The Morgan fingerprint density at radius 3 is 1.50 bits per heavy atom. The summed E-state index contributed by atoms with van der Waals surface area (Å²) in [6.07, 6.45) is 3.75. The smallest absolute Gasteiger partial charge is 1.00 e. The summed E-state index contributed by atoms with van der Waals surface area (Å²) in [5.41, 5.74) is 4.38. The van der Waals surface area contributed by atoms with Gasteiger partial charge in [-0.05, 0) is 24.3 Å². The number of rotatable bonds is 9. The van der Waals surface area contributed by atoms with Gasteiger partial charge in [-0.2, -0.15) is 0 Å². The van der Waals surface area contributed by atoms with Crippen LogP contribution in [0, 0.1) is 0 Å². The van der Waals surface area contributed by atoms with Gasteiger partial charge >= 0.3 is 17.1 Å². The number of nitrogens with zero attached hydrogens (tertiary/aromatic N) is 8. The molecule has 0 aliphatic rings. The van der Waals surface area contributed by atoms with Crippen LogP contribution in [0.25, 0.3) is 0 Å². The van der Waals surface area contributed by atoms with Crippen LogP contribution in [0.3, 0.4) is 0 Å². The molecular weight excluding hydrogens is 523 g/mol. The molecule has 0 spiro atoms. The standard InChI is InChI=1S/C23H38N8.2ClH.Cu/c1-27(2)21-9-11-24-19(15-21)17-31(14-13-26-23(29(5)6)30(7)8)18-20-16-22(28(3)4)10-12-25-20;;;/h9-12,15-16H,13-14,17-18H2,1-8H3;2*1H;/q;;;+2/p-2. The van der Waals surface area contributed by atoms with Crippen molar-refractivity contribution < 1.29 is 41.9 Å². The molecular formula is C23H38Cl2CuN8. The molecule has 2 aromatic heterocycles. The Morgan fingerprint density at radius 2 is 1.15 bits per heavy atom. The maximum Gasteiger partial charge on any atom is 2.00 e. The molecule has 0 fully saturated rings. The van der Waals surface area contributed by atoms with Gasteiger partial charge in [0.1, 0.15) is 0 Å². The molecule has 0 saturated heterocycles. The van der Waals surface area contributed by atoms with Crippen molar-refractivity contribution in [3.8, 4) is 0 Å². The topological polar surface area (TPSA) is 54.3 Å². The Morgan fingerprint density at radius 1 is 0.735 bits per heavy atom. The second-order valence-corrected chi connectivity index (χ2v) is 8.48. The Labute approximate surface area is 228 Å². The first-order valence-corrected chi connectivity index (χ1v) is 10.5. The zero-order chi connectivity index (χ0) is 23.0. The Bertz CT molecular complexity index is 799. The second-order valence-electron chi connectivity index (χ2n) is 8.48. The molecule has 0 aliphatic heterocycles. The Kier molecular flexibility index (Phi) is 17.0. The van der Waals surface area contributed by atoms with Crippen LogP contribution >= 0.6 is 0 Å². The summed E-state index contributed by atoms with van der Waals surface area (Å²) in [5.74, 6) is 0.959. The molecule has 195 valence electrons. The molecule has 0 saturated carbocycles. The first kappa shape index (κ1) is 34.4. The summed E-state index contributed by atoms with van der Waals surface area (Å²) >= 11 is 0. The average Bonchev–Trinajstić information content (AvgIpc) is 2.70. The molecule has 0 bridgehead atoms. The van der Waals surface area contributed by atoms with Gasteiger partial charge in [-0.3, -0.25) is 19.9 Å². The minimum atomic E-state index is 0. The van der Waals surface area contributed by atoms with Crippen LogP contribution in [-0.2, 0) is 30.2 Å². The van der Waals surface area contributed by atoms with E-state index in [1.807, 2.05) is 90.7 Å². The maximum atomic E-state index is 4.81. The molecule has 34 heavy (non-hydrogen) atoms. The SMILES string of the molecule is CN(C)C(=NCCN(Cc1cc(N(C)C)ccn1)Cc1cc(N(C)C)ccn1)N(C)C.[Cl-].[Cl-].[Cu+2]. The van der Waals surface area contributed by atoms with Crippen LogP contribution in [0.5, 0.6) is 0 Å². The zero-order valence-electron chi connectivity index (χ0n) is 21.4. The van der Waals surface area contributed by atoms with E-state index >= 15 is 0 Å². The zero-order valence-corrected chi connectivity index (χ0v) is 23.9. The van der Waals surface area contributed by atoms with E-state index in [1.165, 1.54) is 0 Å². The average molecular weight is 561 g/mol. The number of pyridine rings is 2. The molecule has 0 N–H and O–H groups in total. The molecule has 8 nitrogen and oxygen atoms in total. The van der Waals surface area contributed by atoms with Crippen LogP contribution in [0.2, 0.25) is 0 Å². The Balaban J connectivity index is 0. The fourth-order valence-electron chi connectivity index (χ4n) is 3.31. The number of guanidine groups is 1. The first-order chi connectivity index (χ1) is 14.7. The van der Waals surface area contributed by atoms with Crippen molar-refractivity contribution in [2.45, 2.75) is 13.1 Å². The van der Waals surface area contributed by atoms with Crippen LogP contribution in [0.1, 0.15) is 11.4 Å². The molecule has 2 rings (SSSR count). The molecule has 0 aromatic carbocycles. The van der Waals surface area contributed by atoms with Gasteiger partial charge in [0, 0.05) is 99.8 Å². The predicted octanol–water partition coefficient (Wildman–Crippen LogP) is -3.90. The van der Waals surface area contributed by atoms with Gasteiger partial charge in [0.15, 0.2) is 5.96 Å². The third kappa shape index (κ3) is 11.1. The van der Waals surface area contributed by atoms with E-state index in [4.69, 9.17) is 4.99 Å². The molecule has 0 amide bonds. The van der Waals surface area contributed by atoms with E-state index in [-0.39, 0.29) is 41.9 Å². The van der Waals surface area contributed by atoms with Crippen LogP contribution in [0.15, 0.2) is 41.7 Å². The molecule has 0 unspecified atom stereocenters. The predicted molar refractivity (Wildman–Crippen MR) is 131 cm³/mol. The van der Waals surface area contributed by atoms with Crippen molar-refractivity contribution >= 4 is 17.3 Å². The van der Waals surface area contributed by atoms with Crippen LogP contribution in [0.4, 0.5) is 11.4 Å². The molecule has 1 radical (unpaired) electrons. The van der Waals surface area contributed by atoms with Crippen molar-refractivity contribution in [3.63, 3.8) is 0 Å². The third-order valence-electron chi connectivity index (χ3n) is 4.87. The van der Waals surface area contributed by atoms with Crippen molar-refractivity contribution in [2.75, 3.05) is 79.3 Å². The number of anilines is 2. The number of halogens is 2. The normalized spacial score (nSPS) is 9.79. The Hall–Kier alpha value is -1.77. The van der Waals surface area contributed by atoms with Crippen LogP contribution in [-0.4, -0.2) is 100 Å². The van der Waals surface area contributed by atoms with E-state index in [1.54, 1.807) is 0 Å². The fourth-order valence-corrected chi connectivity index (χ4v) is 3.31. The summed E-state index contributed by atoms with van der Waals surface area (Å²) in [4.78, 5) is 24.6. The number of hydrogen-bond acceptors (Lipinski definition) is 6. The monoisotopic (exact) mass is 559 g/mol. The molecule has 0 aliphatic carbocycles. The van der Waals surface area contributed by atoms with E-state index in [0.717, 1.165) is 48.4 Å². The van der Waals surface area contributed by atoms with Gasteiger partial charge in [-0.25, -0.2) is 0 Å². The number of hydrogen-bond donors (Lipinski definition) is 0. The van der Waals surface area contributed by atoms with Crippen molar-refractivity contribution in [2.24, 2.45) is 4.99 Å². The van der Waals surface area contributed by atoms with Gasteiger partial charge in [0.25, 0.3) is 0 Å². The summed E-state index contributed by atoms with van der Waals surface area (Å²) in [6, 6.07) is 8.34. The van der Waals surface area contributed by atoms with Gasteiger partial charge in [-0.1, -0.05) is 0 Å². The van der Waals surface area contributed by atoms with Gasteiger partial charge in [0.2, 0.25) is 0 Å². The summed E-state index contributed by atoms with van der Waals surface area (Å²) in [5, 5.41) is 0. The minimum Gasteiger partial charge on any atom is -1.00 e.